The van der Waals surface area contributed by atoms with E-state index in [2.05, 4.69) is 20.2 Å². The highest BCUT2D eigenvalue weighted by molar-refractivity contribution is 7.99. The van der Waals surface area contributed by atoms with Gasteiger partial charge < -0.3 is 25.2 Å². The third-order valence-corrected chi connectivity index (χ3v) is 14.6. The summed E-state index contributed by atoms with van der Waals surface area (Å²) in [6.45, 7) is 5.51. The van der Waals surface area contributed by atoms with Crippen LogP contribution in [0.4, 0.5) is 5.82 Å². The summed E-state index contributed by atoms with van der Waals surface area (Å²) < 4.78 is 7.93. The number of hydrogen-bond acceptors (Lipinski definition) is 12. The molecule has 0 saturated carbocycles. The van der Waals surface area contributed by atoms with Gasteiger partial charge in [0.2, 0.25) is 23.6 Å². The van der Waals surface area contributed by atoms with E-state index in [0.717, 1.165) is 92.1 Å². The van der Waals surface area contributed by atoms with Crippen LogP contribution in [0.2, 0.25) is 0 Å². The molecule has 16 nitrogen and oxygen atoms in total. The number of unbranched alkanes of at least 4 members (excludes halogenated alkanes) is 3. The largest absolute Gasteiger partial charge is 0.457 e. The van der Waals surface area contributed by atoms with Crippen LogP contribution in [-0.4, -0.2) is 126 Å². The normalized spacial score (nSPS) is 18.9. The second kappa shape index (κ2) is 21.1. The van der Waals surface area contributed by atoms with Crippen molar-refractivity contribution in [1.29, 1.82) is 0 Å². The van der Waals surface area contributed by atoms with Crippen molar-refractivity contribution in [3.8, 4) is 22.8 Å². The van der Waals surface area contributed by atoms with Gasteiger partial charge in [-0.2, -0.15) is 5.10 Å². The molecule has 0 bridgehead atoms. The Hall–Kier alpha value is -6.33. The van der Waals surface area contributed by atoms with Gasteiger partial charge in [-0.25, -0.2) is 14.6 Å². The molecule has 2 atom stereocenters. The molecule has 3 saturated heterocycles. The number of carbonyl (C=O) groups is 5. The van der Waals surface area contributed by atoms with E-state index in [9.17, 15) is 24.0 Å². The molecule has 3 N–H and O–H groups in total. The van der Waals surface area contributed by atoms with Crippen molar-refractivity contribution in [2.24, 2.45) is 0 Å². The molecule has 67 heavy (non-hydrogen) atoms. The van der Waals surface area contributed by atoms with Crippen LogP contribution in [0, 0.1) is 0 Å². The number of aromatic nitrogens is 4. The number of carbonyl (C=O) groups excluding carboxylic acids is 5. The van der Waals surface area contributed by atoms with E-state index in [1.54, 1.807) is 16.7 Å². The minimum atomic E-state index is -0.617. The Balaban J connectivity index is 0.669. The Kier molecular flexibility index (Phi) is 14.4. The first kappa shape index (κ1) is 45.8. The number of ether oxygens (including phenoxy) is 1. The van der Waals surface area contributed by atoms with E-state index in [1.807, 2.05) is 87.3 Å². The van der Waals surface area contributed by atoms with Crippen LogP contribution in [0.3, 0.4) is 0 Å². The lowest BCUT2D eigenvalue weighted by Gasteiger charge is -2.35. The number of likely N-dealkylation sites (tertiary alicyclic amines) is 1. The van der Waals surface area contributed by atoms with Crippen molar-refractivity contribution in [2.45, 2.75) is 94.2 Å². The average molecular weight is 927 g/mol. The van der Waals surface area contributed by atoms with Crippen LogP contribution >= 0.6 is 11.8 Å². The molecule has 4 aliphatic rings. The van der Waals surface area contributed by atoms with Crippen molar-refractivity contribution in [2.75, 3.05) is 57.3 Å². The fraction of sp³-hybridized carbons (Fsp3) is 0.440. The molecular formula is C50H58N10O6S. The van der Waals surface area contributed by atoms with Crippen LogP contribution in [-0.2, 0) is 25.7 Å². The molecule has 0 radical (unpaired) electrons. The van der Waals surface area contributed by atoms with Gasteiger partial charge in [-0.3, -0.25) is 34.2 Å². The van der Waals surface area contributed by atoms with E-state index in [1.165, 1.54) is 6.33 Å². The summed E-state index contributed by atoms with van der Waals surface area (Å²) in [5.41, 5.74) is 10.3. The molecule has 4 aliphatic heterocycles. The number of hydrogen-bond donors (Lipinski definition) is 2. The molecule has 3 fully saturated rings. The van der Waals surface area contributed by atoms with Gasteiger partial charge in [-0.05, 0) is 105 Å². The number of nitrogens with one attached hydrogen (secondary N) is 1. The molecule has 17 heteroatoms. The average Bonchev–Trinajstić information content (AvgIpc) is 3.91. The minimum Gasteiger partial charge on any atom is -0.457 e. The number of fused-ring (bicyclic) bond motifs is 2. The number of nitrogen functional groups attached to an aromatic ring is 1. The maximum Gasteiger partial charge on any atom is 0.255 e. The Bertz CT molecular complexity index is 2600. The van der Waals surface area contributed by atoms with Gasteiger partial charge >= 0.3 is 0 Å². The van der Waals surface area contributed by atoms with Gasteiger partial charge in [0.25, 0.3) is 5.91 Å². The number of nitrogens with zero attached hydrogens (tertiary/aromatic N) is 8. The van der Waals surface area contributed by atoms with Gasteiger partial charge in [0.05, 0.1) is 11.4 Å². The lowest BCUT2D eigenvalue weighted by Crippen LogP contribution is -2.52. The van der Waals surface area contributed by atoms with Gasteiger partial charge in [0.15, 0.2) is 5.65 Å². The van der Waals surface area contributed by atoms with Gasteiger partial charge in [0, 0.05) is 81.1 Å². The summed E-state index contributed by atoms with van der Waals surface area (Å²) in [6, 6.07) is 22.5. The highest BCUT2D eigenvalue weighted by Gasteiger charge is 2.40. The summed E-state index contributed by atoms with van der Waals surface area (Å²) in [4.78, 5) is 81.8. The number of anilines is 1. The summed E-state index contributed by atoms with van der Waals surface area (Å²) in [5.74, 6) is 2.26. The Labute approximate surface area is 394 Å². The molecule has 6 heterocycles. The molecule has 0 aliphatic carbocycles. The van der Waals surface area contributed by atoms with Crippen molar-refractivity contribution in [3.63, 3.8) is 0 Å². The topological polar surface area (TPSA) is 189 Å². The number of rotatable bonds is 17. The van der Waals surface area contributed by atoms with E-state index < -0.39 is 11.9 Å². The highest BCUT2D eigenvalue weighted by Crippen LogP contribution is 2.37. The maximum absolute atomic E-state index is 13.6. The van der Waals surface area contributed by atoms with Gasteiger partial charge in [-0.1, -0.05) is 37.1 Å². The fourth-order valence-corrected chi connectivity index (χ4v) is 10.8. The second-order valence-electron chi connectivity index (χ2n) is 17.8. The third-order valence-electron chi connectivity index (χ3n) is 13.4. The van der Waals surface area contributed by atoms with Crippen molar-refractivity contribution in [3.05, 3.63) is 90.3 Å². The van der Waals surface area contributed by atoms with Crippen molar-refractivity contribution >= 4 is 58.1 Å². The highest BCUT2D eigenvalue weighted by atomic mass is 32.2. The van der Waals surface area contributed by atoms with Crippen molar-refractivity contribution in [1.82, 2.24) is 44.7 Å². The monoisotopic (exact) mass is 926 g/mol. The zero-order valence-electron chi connectivity index (χ0n) is 37.8. The Morgan fingerprint density at radius 3 is 2.36 bits per heavy atom. The lowest BCUT2D eigenvalue weighted by atomic mass is 10.0. The van der Waals surface area contributed by atoms with E-state index in [4.69, 9.17) is 15.6 Å². The van der Waals surface area contributed by atoms with Crippen LogP contribution in [0.25, 0.3) is 22.3 Å². The number of piperazine rings is 1. The van der Waals surface area contributed by atoms with E-state index >= 15 is 0 Å². The SMILES string of the molecule is Nc1ncnc2c1c(-c1ccc(Oc3ccccc3)cc1)nn2[C@@H]1CCCN(C(=O)CCCN2CCN(C(=O)CCCCCCSc3cccc4c3CN(C3CCC(=O)NC3=O)C4=O)CC2)C1. The number of amides is 5. The first-order chi connectivity index (χ1) is 32.7. The Morgan fingerprint density at radius 1 is 0.791 bits per heavy atom. The molecule has 3 aromatic carbocycles. The quantitative estimate of drug-likeness (QED) is 0.0590. The number of thioether (sulfide) groups is 1. The smallest absolute Gasteiger partial charge is 0.255 e. The van der Waals surface area contributed by atoms with Crippen LogP contribution in [0.1, 0.15) is 92.6 Å². The third kappa shape index (κ3) is 10.6. The lowest BCUT2D eigenvalue weighted by molar-refractivity contribution is -0.137. The van der Waals surface area contributed by atoms with E-state index in [-0.39, 0.29) is 36.1 Å². The van der Waals surface area contributed by atoms with Crippen LogP contribution in [0.15, 0.2) is 84.0 Å². The Morgan fingerprint density at radius 2 is 1.55 bits per heavy atom. The predicted molar refractivity (Wildman–Crippen MR) is 255 cm³/mol. The number of nitrogens with two attached hydrogens (primary N) is 1. The molecule has 5 aromatic rings. The number of benzene rings is 3. The molecule has 0 spiro atoms. The van der Waals surface area contributed by atoms with Gasteiger partial charge in [0.1, 0.15) is 35.4 Å². The summed E-state index contributed by atoms with van der Waals surface area (Å²) in [5, 5.41) is 8.12. The zero-order valence-corrected chi connectivity index (χ0v) is 38.6. The van der Waals surface area contributed by atoms with E-state index in [0.29, 0.717) is 85.8 Å². The van der Waals surface area contributed by atoms with Gasteiger partial charge in [-0.15, -0.1) is 11.8 Å². The first-order valence-corrected chi connectivity index (χ1v) is 24.7. The summed E-state index contributed by atoms with van der Waals surface area (Å²) in [7, 11) is 0. The van der Waals surface area contributed by atoms with Crippen LogP contribution in [0.5, 0.6) is 11.5 Å². The number of para-hydroxylation sites is 1. The van der Waals surface area contributed by atoms with Crippen molar-refractivity contribution < 1.29 is 28.7 Å². The zero-order chi connectivity index (χ0) is 46.3. The molecule has 2 aromatic heterocycles. The summed E-state index contributed by atoms with van der Waals surface area (Å²) >= 11 is 1.73. The molecule has 350 valence electrons. The minimum absolute atomic E-state index is 0.0497. The number of imide groups is 1. The number of piperidine rings is 2. The standard InChI is InChI=1S/C50H58N10O6S/c51-47-45-46(34-18-20-37(21-19-34)66-36-12-4-3-5-13-36)55-60(48(45)53-33-52-47)35-11-9-25-58(31-35)44(63)17-10-24-56-26-28-57(29-27-56)43(62)16-6-1-2-7-30-67-41-15-8-14-38-39(41)32-59(50(38)65)40-22-23-42(61)54-49(40)64/h3-5,8,12-15,18-21,33,35,40H,1-2,6-7,9-11,16-17,22-32H2,(H2,51,52,53)(H,54,61,64)/t35-,40?/m1/s1. The molecule has 1 unspecified atom stereocenters. The molecule has 9 rings (SSSR count). The second-order valence-corrected chi connectivity index (χ2v) is 19.0. The maximum atomic E-state index is 13.6. The molecule has 5 amide bonds. The first-order valence-electron chi connectivity index (χ1n) is 23.7. The fourth-order valence-electron chi connectivity index (χ4n) is 9.74. The predicted octanol–water partition coefficient (Wildman–Crippen LogP) is 6.46. The summed E-state index contributed by atoms with van der Waals surface area (Å²) in [6.07, 6.45) is 9.44. The van der Waals surface area contributed by atoms with Crippen LogP contribution < -0.4 is 15.8 Å². The molecular weight excluding hydrogens is 869 g/mol.